The Hall–Kier alpha value is -2.67. The van der Waals surface area contributed by atoms with E-state index in [0.717, 1.165) is 37.3 Å². The molecule has 1 saturated heterocycles. The summed E-state index contributed by atoms with van der Waals surface area (Å²) in [6.45, 7) is 5.20. The second kappa shape index (κ2) is 8.78. The highest BCUT2D eigenvalue weighted by molar-refractivity contribution is 5.94. The molecule has 0 bridgehead atoms. The van der Waals surface area contributed by atoms with Crippen LogP contribution >= 0.6 is 0 Å². The topological polar surface area (TPSA) is 76.5 Å². The number of benzene rings is 1. The average molecular weight is 396 g/mol. The molecule has 1 unspecified atom stereocenters. The number of aryl methyl sites for hydroxylation is 1. The third-order valence-electron chi connectivity index (χ3n) is 5.78. The fraction of sp³-hybridized carbons (Fsp3) is 0.500. The number of hydrogen-bond acceptors (Lipinski definition) is 4. The van der Waals surface area contributed by atoms with Gasteiger partial charge in [-0.2, -0.15) is 5.10 Å². The molecule has 0 spiro atoms. The number of carbonyl (C=O) groups is 2. The summed E-state index contributed by atoms with van der Waals surface area (Å²) < 4.78 is 7.27. The number of amides is 2. The standard InChI is InChI=1S/C22H28N4O3/c1-16-3-2-4-18(11-16)22(28)25-14-19-5-8-24-26(19)20(15-25)12-21(27)23-13-17-6-9-29-10-7-17/h2-5,8,11,17,20H,6-7,9-10,12-15H2,1H3,(H,23,27). The molecule has 0 radical (unpaired) electrons. The molecule has 2 aliphatic heterocycles. The van der Waals surface area contributed by atoms with Crippen LogP contribution < -0.4 is 5.32 Å². The Morgan fingerprint density at radius 1 is 1.24 bits per heavy atom. The second-order valence-corrected chi connectivity index (χ2v) is 8.04. The maximum Gasteiger partial charge on any atom is 0.254 e. The molecule has 0 saturated carbocycles. The van der Waals surface area contributed by atoms with Crippen LogP contribution in [0.1, 0.15) is 46.9 Å². The largest absolute Gasteiger partial charge is 0.381 e. The summed E-state index contributed by atoms with van der Waals surface area (Å²) in [5.74, 6) is 0.486. The number of nitrogens with one attached hydrogen (secondary N) is 1. The number of ether oxygens (including phenoxy) is 1. The highest BCUT2D eigenvalue weighted by Crippen LogP contribution is 2.25. The van der Waals surface area contributed by atoms with E-state index in [2.05, 4.69) is 10.4 Å². The predicted molar refractivity (Wildman–Crippen MR) is 108 cm³/mol. The molecule has 2 aliphatic rings. The number of nitrogens with zero attached hydrogens (tertiary/aromatic N) is 3. The van der Waals surface area contributed by atoms with Gasteiger partial charge in [0.05, 0.1) is 24.7 Å². The quantitative estimate of drug-likeness (QED) is 0.842. The van der Waals surface area contributed by atoms with Crippen LogP contribution in [0.15, 0.2) is 36.5 Å². The van der Waals surface area contributed by atoms with Gasteiger partial charge >= 0.3 is 0 Å². The zero-order chi connectivity index (χ0) is 20.2. The van der Waals surface area contributed by atoms with Crippen LogP contribution in [0.25, 0.3) is 0 Å². The van der Waals surface area contributed by atoms with Crippen LogP contribution in [-0.2, 0) is 16.1 Å². The maximum absolute atomic E-state index is 13.0. The SMILES string of the molecule is Cc1cccc(C(=O)N2Cc3ccnn3C(CC(=O)NCC3CCOCC3)C2)c1. The van der Waals surface area contributed by atoms with Crippen LogP contribution in [0.2, 0.25) is 0 Å². The van der Waals surface area contributed by atoms with Crippen molar-refractivity contribution >= 4 is 11.8 Å². The highest BCUT2D eigenvalue weighted by Gasteiger charge is 2.30. The molecule has 29 heavy (non-hydrogen) atoms. The summed E-state index contributed by atoms with van der Waals surface area (Å²) >= 11 is 0. The van der Waals surface area contributed by atoms with E-state index in [4.69, 9.17) is 4.74 Å². The van der Waals surface area contributed by atoms with E-state index < -0.39 is 0 Å². The minimum absolute atomic E-state index is 0.00577. The lowest BCUT2D eigenvalue weighted by Crippen LogP contribution is -2.43. The first-order valence-electron chi connectivity index (χ1n) is 10.3. The van der Waals surface area contributed by atoms with Crippen molar-refractivity contribution < 1.29 is 14.3 Å². The molecule has 2 amide bonds. The van der Waals surface area contributed by atoms with Gasteiger partial charge < -0.3 is 15.0 Å². The summed E-state index contributed by atoms with van der Waals surface area (Å²) in [5, 5.41) is 7.47. The van der Waals surface area contributed by atoms with Crippen molar-refractivity contribution in [2.45, 2.75) is 38.8 Å². The number of aromatic nitrogens is 2. The molecule has 4 rings (SSSR count). The second-order valence-electron chi connectivity index (χ2n) is 8.04. The summed E-state index contributed by atoms with van der Waals surface area (Å²) in [6, 6.07) is 9.40. The van der Waals surface area contributed by atoms with Crippen molar-refractivity contribution in [3.05, 3.63) is 53.3 Å². The van der Waals surface area contributed by atoms with Crippen molar-refractivity contribution in [3.63, 3.8) is 0 Å². The Balaban J connectivity index is 1.41. The summed E-state index contributed by atoms with van der Waals surface area (Å²) in [4.78, 5) is 27.4. The first-order valence-corrected chi connectivity index (χ1v) is 10.3. The monoisotopic (exact) mass is 396 g/mol. The number of carbonyl (C=O) groups excluding carboxylic acids is 2. The van der Waals surface area contributed by atoms with Gasteiger partial charge in [-0.25, -0.2) is 0 Å². The fourth-order valence-electron chi connectivity index (χ4n) is 4.15. The van der Waals surface area contributed by atoms with Gasteiger partial charge in [-0.15, -0.1) is 0 Å². The van der Waals surface area contributed by atoms with Crippen molar-refractivity contribution in [2.24, 2.45) is 5.92 Å². The van der Waals surface area contributed by atoms with Gasteiger partial charge in [0.1, 0.15) is 0 Å². The van der Waals surface area contributed by atoms with Crippen molar-refractivity contribution in [2.75, 3.05) is 26.3 Å². The Labute approximate surface area is 171 Å². The van der Waals surface area contributed by atoms with Gasteiger partial charge in [-0.1, -0.05) is 17.7 Å². The van der Waals surface area contributed by atoms with E-state index in [1.165, 1.54) is 0 Å². The maximum atomic E-state index is 13.0. The van der Waals surface area contributed by atoms with E-state index in [9.17, 15) is 9.59 Å². The number of fused-ring (bicyclic) bond motifs is 1. The molecule has 1 fully saturated rings. The van der Waals surface area contributed by atoms with Gasteiger partial charge in [0.15, 0.2) is 0 Å². The first kappa shape index (κ1) is 19.6. The number of rotatable bonds is 5. The molecule has 7 heteroatoms. The zero-order valence-electron chi connectivity index (χ0n) is 16.8. The minimum Gasteiger partial charge on any atom is -0.381 e. The lowest BCUT2D eigenvalue weighted by Gasteiger charge is -2.34. The molecule has 3 heterocycles. The molecular formula is C22H28N4O3. The average Bonchev–Trinajstić information content (AvgIpc) is 3.21. The highest BCUT2D eigenvalue weighted by atomic mass is 16.5. The van der Waals surface area contributed by atoms with Gasteiger partial charge in [0.2, 0.25) is 5.91 Å². The van der Waals surface area contributed by atoms with Gasteiger partial charge in [0, 0.05) is 38.1 Å². The molecule has 1 atom stereocenters. The Morgan fingerprint density at radius 3 is 2.86 bits per heavy atom. The Bertz CT molecular complexity index is 872. The summed E-state index contributed by atoms with van der Waals surface area (Å²) in [5.41, 5.74) is 2.70. The normalized spacial score (nSPS) is 19.6. The van der Waals surface area contributed by atoms with Crippen LogP contribution in [0.5, 0.6) is 0 Å². The van der Waals surface area contributed by atoms with Gasteiger partial charge in [0.25, 0.3) is 5.91 Å². The van der Waals surface area contributed by atoms with Crippen molar-refractivity contribution in [1.82, 2.24) is 20.0 Å². The molecule has 0 aliphatic carbocycles. The van der Waals surface area contributed by atoms with Crippen LogP contribution in [0.3, 0.4) is 0 Å². The molecule has 154 valence electrons. The number of hydrogen-bond donors (Lipinski definition) is 1. The third-order valence-corrected chi connectivity index (χ3v) is 5.78. The molecule has 7 nitrogen and oxygen atoms in total. The summed E-state index contributed by atoms with van der Waals surface area (Å²) in [6.07, 6.45) is 4.04. The minimum atomic E-state index is -0.155. The third kappa shape index (κ3) is 4.67. The molecule has 2 aromatic rings. The fourth-order valence-corrected chi connectivity index (χ4v) is 4.15. The van der Waals surface area contributed by atoms with Crippen LogP contribution in [0.4, 0.5) is 0 Å². The Morgan fingerprint density at radius 2 is 2.07 bits per heavy atom. The molecule has 1 N–H and O–H groups in total. The lowest BCUT2D eigenvalue weighted by molar-refractivity contribution is -0.122. The molecule has 1 aromatic heterocycles. The van der Waals surface area contributed by atoms with E-state index >= 15 is 0 Å². The predicted octanol–water partition coefficient (Wildman–Crippen LogP) is 2.32. The smallest absolute Gasteiger partial charge is 0.254 e. The van der Waals surface area contributed by atoms with Crippen LogP contribution in [-0.4, -0.2) is 52.8 Å². The van der Waals surface area contributed by atoms with Crippen molar-refractivity contribution in [3.8, 4) is 0 Å². The molecular weight excluding hydrogens is 368 g/mol. The zero-order valence-corrected chi connectivity index (χ0v) is 16.8. The van der Waals surface area contributed by atoms with Crippen molar-refractivity contribution in [1.29, 1.82) is 0 Å². The first-order chi connectivity index (χ1) is 14.1. The van der Waals surface area contributed by atoms with E-state index in [1.54, 1.807) is 6.20 Å². The van der Waals surface area contributed by atoms with E-state index in [0.29, 0.717) is 37.5 Å². The molecule has 1 aromatic carbocycles. The van der Waals surface area contributed by atoms with E-state index in [-0.39, 0.29) is 17.9 Å². The lowest BCUT2D eigenvalue weighted by atomic mass is 10.0. The summed E-state index contributed by atoms with van der Waals surface area (Å²) in [7, 11) is 0. The Kier molecular flexibility index (Phi) is 5.94. The van der Waals surface area contributed by atoms with Crippen LogP contribution in [0, 0.1) is 12.8 Å². The van der Waals surface area contributed by atoms with Gasteiger partial charge in [-0.3, -0.25) is 14.3 Å². The van der Waals surface area contributed by atoms with E-state index in [1.807, 2.05) is 46.8 Å². The van der Waals surface area contributed by atoms with Gasteiger partial charge in [-0.05, 0) is 43.9 Å².